The van der Waals surface area contributed by atoms with Gasteiger partial charge in [-0.2, -0.15) is 0 Å². The van der Waals surface area contributed by atoms with Gasteiger partial charge in [0.05, 0.1) is 12.2 Å². The Labute approximate surface area is 130 Å². The lowest BCUT2D eigenvalue weighted by atomic mass is 10.2. The molecule has 0 aromatic heterocycles. The first-order chi connectivity index (χ1) is 10.9. The Morgan fingerprint density at radius 2 is 1.70 bits per heavy atom. The van der Waals surface area contributed by atoms with Crippen molar-refractivity contribution in [1.29, 1.82) is 0 Å². The molecule has 0 aliphatic carbocycles. The highest BCUT2D eigenvalue weighted by molar-refractivity contribution is 5.92. The van der Waals surface area contributed by atoms with E-state index in [1.165, 1.54) is 11.0 Å². The summed E-state index contributed by atoms with van der Waals surface area (Å²) < 4.78 is 52.9. The van der Waals surface area contributed by atoms with Gasteiger partial charge < -0.3 is 5.32 Å². The summed E-state index contributed by atoms with van der Waals surface area (Å²) in [4.78, 5) is 13.3. The fourth-order valence-corrected chi connectivity index (χ4v) is 2.03. The highest BCUT2D eigenvalue weighted by Gasteiger charge is 2.16. The lowest BCUT2D eigenvalue weighted by Gasteiger charge is -2.17. The van der Waals surface area contributed by atoms with Crippen LogP contribution in [0.3, 0.4) is 0 Å². The first-order valence-corrected chi connectivity index (χ1v) is 6.73. The number of carbonyl (C=O) groups is 1. The standard InChI is InChI=1S/C16H14F4N2O/c1-22(8-10-4-2-3-5-11(10)17)9-14(23)21-13-7-6-12(18)15(19)16(13)20/h2-7H,8-9H2,1H3,(H,21,23). The minimum atomic E-state index is -1.65. The largest absolute Gasteiger partial charge is 0.322 e. The van der Waals surface area contributed by atoms with Crippen molar-refractivity contribution in [2.45, 2.75) is 6.54 Å². The lowest BCUT2D eigenvalue weighted by molar-refractivity contribution is -0.117. The summed E-state index contributed by atoms with van der Waals surface area (Å²) in [7, 11) is 1.58. The van der Waals surface area contributed by atoms with E-state index in [-0.39, 0.29) is 13.1 Å². The van der Waals surface area contributed by atoms with Crippen LogP contribution in [0.5, 0.6) is 0 Å². The van der Waals surface area contributed by atoms with Gasteiger partial charge in [0.25, 0.3) is 0 Å². The summed E-state index contributed by atoms with van der Waals surface area (Å²) in [5.74, 6) is -5.48. The van der Waals surface area contributed by atoms with Crippen LogP contribution in [0, 0.1) is 23.3 Å². The van der Waals surface area contributed by atoms with Crippen molar-refractivity contribution in [3.63, 3.8) is 0 Å². The molecule has 2 aromatic rings. The maximum atomic E-state index is 13.5. The summed E-state index contributed by atoms with van der Waals surface area (Å²) in [6, 6.07) is 7.76. The quantitative estimate of drug-likeness (QED) is 0.675. The van der Waals surface area contributed by atoms with Gasteiger partial charge in [0, 0.05) is 12.1 Å². The number of likely N-dealkylation sites (N-methyl/N-ethyl adjacent to an activating group) is 1. The number of halogens is 4. The Morgan fingerprint density at radius 1 is 1.00 bits per heavy atom. The molecule has 23 heavy (non-hydrogen) atoms. The molecule has 3 nitrogen and oxygen atoms in total. The lowest BCUT2D eigenvalue weighted by Crippen LogP contribution is -2.30. The molecule has 0 spiro atoms. The minimum Gasteiger partial charge on any atom is -0.322 e. The van der Waals surface area contributed by atoms with E-state index in [1.807, 2.05) is 0 Å². The Bertz CT molecular complexity index is 721. The number of benzene rings is 2. The molecular formula is C16H14F4N2O. The third kappa shape index (κ3) is 4.29. The molecule has 0 aliphatic rings. The smallest absolute Gasteiger partial charge is 0.238 e. The minimum absolute atomic E-state index is 0.167. The SMILES string of the molecule is CN(CC(=O)Nc1ccc(F)c(F)c1F)Cc1ccccc1F. The number of amides is 1. The van der Waals surface area contributed by atoms with E-state index in [0.717, 1.165) is 12.1 Å². The van der Waals surface area contributed by atoms with Crippen LogP contribution in [-0.4, -0.2) is 24.4 Å². The molecule has 0 unspecified atom stereocenters. The van der Waals surface area contributed by atoms with Crippen LogP contribution in [-0.2, 0) is 11.3 Å². The highest BCUT2D eigenvalue weighted by Crippen LogP contribution is 2.19. The number of nitrogens with one attached hydrogen (secondary N) is 1. The second kappa shape index (κ2) is 7.23. The fourth-order valence-electron chi connectivity index (χ4n) is 2.03. The van der Waals surface area contributed by atoms with Gasteiger partial charge in [-0.25, -0.2) is 17.6 Å². The van der Waals surface area contributed by atoms with Crippen LogP contribution >= 0.6 is 0 Å². The van der Waals surface area contributed by atoms with Crippen LogP contribution in [0.15, 0.2) is 36.4 Å². The van der Waals surface area contributed by atoms with Crippen molar-refractivity contribution in [2.24, 2.45) is 0 Å². The molecule has 7 heteroatoms. The van der Waals surface area contributed by atoms with Crippen LogP contribution in [0.25, 0.3) is 0 Å². The van der Waals surface area contributed by atoms with Crippen molar-refractivity contribution in [3.05, 3.63) is 65.2 Å². The second-order valence-electron chi connectivity index (χ2n) is 5.03. The van der Waals surface area contributed by atoms with Crippen LogP contribution in [0.2, 0.25) is 0 Å². The van der Waals surface area contributed by atoms with E-state index in [1.54, 1.807) is 25.2 Å². The van der Waals surface area contributed by atoms with E-state index < -0.39 is 34.9 Å². The molecule has 1 amide bonds. The number of hydrogen-bond acceptors (Lipinski definition) is 2. The highest BCUT2D eigenvalue weighted by atomic mass is 19.2. The predicted molar refractivity (Wildman–Crippen MR) is 77.7 cm³/mol. The van der Waals surface area contributed by atoms with Gasteiger partial charge in [-0.1, -0.05) is 18.2 Å². The first kappa shape index (κ1) is 17.0. The third-order valence-corrected chi connectivity index (χ3v) is 3.12. The number of nitrogens with zero attached hydrogens (tertiary/aromatic N) is 1. The molecule has 2 aromatic carbocycles. The normalized spacial score (nSPS) is 10.9. The van der Waals surface area contributed by atoms with Crippen molar-refractivity contribution in [1.82, 2.24) is 4.90 Å². The second-order valence-corrected chi connectivity index (χ2v) is 5.03. The van der Waals surface area contributed by atoms with E-state index in [9.17, 15) is 22.4 Å². The van der Waals surface area contributed by atoms with Gasteiger partial charge in [0.1, 0.15) is 5.82 Å². The zero-order valence-electron chi connectivity index (χ0n) is 12.2. The molecule has 1 N–H and O–H groups in total. The van der Waals surface area contributed by atoms with Crippen molar-refractivity contribution in [2.75, 3.05) is 18.9 Å². The molecule has 0 radical (unpaired) electrons. The Kier molecular flexibility index (Phi) is 5.33. The molecule has 0 heterocycles. The van der Waals surface area contributed by atoms with Crippen molar-refractivity contribution in [3.8, 4) is 0 Å². The summed E-state index contributed by atoms with van der Waals surface area (Å²) in [5, 5.41) is 2.15. The predicted octanol–water partition coefficient (Wildman–Crippen LogP) is 3.31. The third-order valence-electron chi connectivity index (χ3n) is 3.12. The number of rotatable bonds is 5. The molecule has 0 saturated carbocycles. The van der Waals surface area contributed by atoms with Crippen LogP contribution in [0.4, 0.5) is 23.2 Å². The maximum Gasteiger partial charge on any atom is 0.238 e. The molecule has 0 atom stereocenters. The van der Waals surface area contributed by atoms with E-state index >= 15 is 0 Å². The number of carbonyl (C=O) groups excluding carboxylic acids is 1. The van der Waals surface area contributed by atoms with Crippen molar-refractivity contribution >= 4 is 11.6 Å². The summed E-state index contributed by atoms with van der Waals surface area (Å²) in [6.07, 6.45) is 0. The fraction of sp³-hybridized carbons (Fsp3) is 0.188. The zero-order valence-corrected chi connectivity index (χ0v) is 12.2. The Hall–Kier alpha value is -2.41. The molecule has 0 fully saturated rings. The topological polar surface area (TPSA) is 32.3 Å². The number of anilines is 1. The van der Waals surface area contributed by atoms with Crippen molar-refractivity contribution < 1.29 is 22.4 Å². The molecule has 0 saturated heterocycles. The average molecular weight is 326 g/mol. The molecule has 0 aliphatic heterocycles. The maximum absolute atomic E-state index is 13.5. The average Bonchev–Trinajstić information content (AvgIpc) is 2.50. The summed E-state index contributed by atoms with van der Waals surface area (Å²) in [6.45, 7) is -0.00682. The van der Waals surface area contributed by atoms with Gasteiger partial charge in [0.2, 0.25) is 5.91 Å². The van der Waals surface area contributed by atoms with E-state index in [2.05, 4.69) is 5.32 Å². The first-order valence-electron chi connectivity index (χ1n) is 6.73. The van der Waals surface area contributed by atoms with Gasteiger partial charge >= 0.3 is 0 Å². The molecule has 0 bridgehead atoms. The summed E-state index contributed by atoms with van der Waals surface area (Å²) >= 11 is 0. The van der Waals surface area contributed by atoms with Gasteiger partial charge in [0.15, 0.2) is 17.5 Å². The van der Waals surface area contributed by atoms with E-state index in [0.29, 0.717) is 5.56 Å². The van der Waals surface area contributed by atoms with Crippen LogP contribution < -0.4 is 5.32 Å². The molecule has 2 rings (SSSR count). The Balaban J connectivity index is 1.97. The Morgan fingerprint density at radius 3 is 2.39 bits per heavy atom. The monoisotopic (exact) mass is 326 g/mol. The van der Waals surface area contributed by atoms with Gasteiger partial charge in [-0.3, -0.25) is 9.69 Å². The van der Waals surface area contributed by atoms with Crippen LogP contribution in [0.1, 0.15) is 5.56 Å². The summed E-state index contributed by atoms with van der Waals surface area (Å²) in [5.41, 5.74) is -0.0463. The number of hydrogen-bond donors (Lipinski definition) is 1. The molecule has 122 valence electrons. The van der Waals surface area contributed by atoms with E-state index in [4.69, 9.17) is 0 Å². The molecular weight excluding hydrogens is 312 g/mol. The van der Waals surface area contributed by atoms with Gasteiger partial charge in [-0.05, 0) is 25.2 Å². The van der Waals surface area contributed by atoms with Gasteiger partial charge in [-0.15, -0.1) is 0 Å². The zero-order chi connectivity index (χ0) is 17.0.